The zero-order valence-corrected chi connectivity index (χ0v) is 13.1. The van der Waals surface area contributed by atoms with Crippen LogP contribution in [0, 0.1) is 23.7 Å². The zero-order chi connectivity index (χ0) is 14.4. The topological polar surface area (TPSA) is 35.5 Å². The zero-order valence-electron chi connectivity index (χ0n) is 13.1. The van der Waals surface area contributed by atoms with E-state index < -0.39 is 0 Å². The van der Waals surface area contributed by atoms with Crippen LogP contribution in [0.4, 0.5) is 0 Å². The van der Waals surface area contributed by atoms with Crippen LogP contribution in [-0.2, 0) is 14.3 Å². The van der Waals surface area contributed by atoms with Crippen molar-refractivity contribution in [3.8, 4) is 0 Å². The SMILES string of the molecule is COCC1CCC(COC(=O)C2CCC(C)CC2)CC1. The fourth-order valence-corrected chi connectivity index (χ4v) is 3.61. The van der Waals surface area contributed by atoms with E-state index in [9.17, 15) is 4.79 Å². The lowest BCUT2D eigenvalue weighted by Gasteiger charge is -2.29. The quantitative estimate of drug-likeness (QED) is 0.719. The Kier molecular flexibility index (Phi) is 6.34. The fourth-order valence-electron chi connectivity index (χ4n) is 3.61. The average Bonchev–Trinajstić information content (AvgIpc) is 2.47. The Bertz CT molecular complexity index is 287. The molecule has 0 aromatic carbocycles. The highest BCUT2D eigenvalue weighted by Crippen LogP contribution is 2.31. The molecule has 0 unspecified atom stereocenters. The molecular formula is C17H30O3. The van der Waals surface area contributed by atoms with E-state index in [0.717, 1.165) is 25.4 Å². The van der Waals surface area contributed by atoms with Crippen LogP contribution in [0.25, 0.3) is 0 Å². The standard InChI is InChI=1S/C17H30O3/c1-13-3-9-16(10-4-13)17(18)20-12-15-7-5-14(6-8-15)11-19-2/h13-16H,3-12H2,1-2H3. The van der Waals surface area contributed by atoms with Crippen LogP contribution in [0.15, 0.2) is 0 Å². The van der Waals surface area contributed by atoms with E-state index >= 15 is 0 Å². The maximum absolute atomic E-state index is 12.1. The third kappa shape index (κ3) is 4.76. The van der Waals surface area contributed by atoms with Crippen molar-refractivity contribution in [1.29, 1.82) is 0 Å². The van der Waals surface area contributed by atoms with Crippen LogP contribution in [0.3, 0.4) is 0 Å². The van der Waals surface area contributed by atoms with Gasteiger partial charge >= 0.3 is 5.97 Å². The minimum absolute atomic E-state index is 0.0657. The van der Waals surface area contributed by atoms with Gasteiger partial charge in [0, 0.05) is 13.7 Å². The van der Waals surface area contributed by atoms with E-state index in [1.165, 1.54) is 38.5 Å². The average molecular weight is 282 g/mol. The van der Waals surface area contributed by atoms with E-state index in [-0.39, 0.29) is 11.9 Å². The normalized spacial score (nSPS) is 34.7. The molecule has 0 aromatic heterocycles. The molecule has 3 heteroatoms. The highest BCUT2D eigenvalue weighted by atomic mass is 16.5. The van der Waals surface area contributed by atoms with E-state index in [1.54, 1.807) is 7.11 Å². The maximum Gasteiger partial charge on any atom is 0.308 e. The highest BCUT2D eigenvalue weighted by molar-refractivity contribution is 5.72. The van der Waals surface area contributed by atoms with Gasteiger partial charge < -0.3 is 9.47 Å². The second kappa shape index (κ2) is 8.02. The predicted molar refractivity (Wildman–Crippen MR) is 79.4 cm³/mol. The Balaban J connectivity index is 1.62. The Morgan fingerprint density at radius 3 is 2.00 bits per heavy atom. The van der Waals surface area contributed by atoms with Crippen LogP contribution < -0.4 is 0 Å². The van der Waals surface area contributed by atoms with Gasteiger partial charge in [0.1, 0.15) is 0 Å². The van der Waals surface area contributed by atoms with Crippen LogP contribution >= 0.6 is 0 Å². The summed E-state index contributed by atoms with van der Waals surface area (Å²) < 4.78 is 10.8. The first-order valence-electron chi connectivity index (χ1n) is 8.34. The summed E-state index contributed by atoms with van der Waals surface area (Å²) in [6, 6.07) is 0. The summed E-state index contributed by atoms with van der Waals surface area (Å²) in [6.45, 7) is 3.80. The van der Waals surface area contributed by atoms with Crippen molar-refractivity contribution in [2.45, 2.75) is 58.3 Å². The van der Waals surface area contributed by atoms with Crippen molar-refractivity contribution in [2.75, 3.05) is 20.3 Å². The van der Waals surface area contributed by atoms with Gasteiger partial charge in [-0.25, -0.2) is 0 Å². The smallest absolute Gasteiger partial charge is 0.308 e. The lowest BCUT2D eigenvalue weighted by atomic mass is 9.82. The predicted octanol–water partition coefficient (Wildman–Crippen LogP) is 3.81. The van der Waals surface area contributed by atoms with E-state index in [0.29, 0.717) is 18.4 Å². The molecule has 0 atom stereocenters. The summed E-state index contributed by atoms with van der Waals surface area (Å²) in [6.07, 6.45) is 9.23. The van der Waals surface area contributed by atoms with Gasteiger partial charge in [0.2, 0.25) is 0 Å². The minimum Gasteiger partial charge on any atom is -0.465 e. The molecule has 2 aliphatic rings. The highest BCUT2D eigenvalue weighted by Gasteiger charge is 2.27. The molecule has 2 aliphatic carbocycles. The van der Waals surface area contributed by atoms with Crippen molar-refractivity contribution in [3.05, 3.63) is 0 Å². The van der Waals surface area contributed by atoms with Crippen LogP contribution in [-0.4, -0.2) is 26.3 Å². The first-order chi connectivity index (χ1) is 9.69. The van der Waals surface area contributed by atoms with Gasteiger partial charge in [-0.05, 0) is 69.1 Å². The summed E-state index contributed by atoms with van der Waals surface area (Å²) in [5.41, 5.74) is 0. The van der Waals surface area contributed by atoms with Gasteiger partial charge in [-0.2, -0.15) is 0 Å². The summed E-state index contributed by atoms with van der Waals surface area (Å²) in [7, 11) is 1.78. The van der Waals surface area contributed by atoms with Crippen molar-refractivity contribution in [2.24, 2.45) is 23.7 Å². The minimum atomic E-state index is 0.0657. The third-order valence-electron chi connectivity index (χ3n) is 5.18. The second-order valence-electron chi connectivity index (χ2n) is 6.93. The molecule has 0 bridgehead atoms. The monoisotopic (exact) mass is 282 g/mol. The second-order valence-corrected chi connectivity index (χ2v) is 6.93. The summed E-state index contributed by atoms with van der Waals surface area (Å²) in [5, 5.41) is 0. The van der Waals surface area contributed by atoms with Crippen molar-refractivity contribution >= 4 is 5.97 Å². The molecule has 0 aliphatic heterocycles. The molecule has 0 amide bonds. The summed E-state index contributed by atoms with van der Waals surface area (Å²) in [4.78, 5) is 12.1. The van der Waals surface area contributed by atoms with Crippen molar-refractivity contribution < 1.29 is 14.3 Å². The number of methoxy groups -OCH3 is 1. The Hall–Kier alpha value is -0.570. The van der Waals surface area contributed by atoms with Gasteiger partial charge in [-0.3, -0.25) is 4.79 Å². The first-order valence-corrected chi connectivity index (χ1v) is 8.34. The Morgan fingerprint density at radius 2 is 1.45 bits per heavy atom. The molecule has 0 heterocycles. The van der Waals surface area contributed by atoms with Crippen LogP contribution in [0.5, 0.6) is 0 Å². The molecular weight excluding hydrogens is 252 g/mol. The molecule has 2 fully saturated rings. The molecule has 0 saturated heterocycles. The first kappa shape index (κ1) is 15.8. The number of hydrogen-bond donors (Lipinski definition) is 0. The Labute approximate surface area is 123 Å². The maximum atomic E-state index is 12.1. The van der Waals surface area contributed by atoms with E-state index in [1.807, 2.05) is 0 Å². The number of hydrogen-bond acceptors (Lipinski definition) is 3. The lowest BCUT2D eigenvalue weighted by Crippen LogP contribution is -2.27. The molecule has 116 valence electrons. The molecule has 0 aromatic rings. The number of rotatable bonds is 5. The van der Waals surface area contributed by atoms with Gasteiger partial charge in [0.05, 0.1) is 12.5 Å². The van der Waals surface area contributed by atoms with Crippen LogP contribution in [0.1, 0.15) is 58.3 Å². The van der Waals surface area contributed by atoms with Crippen LogP contribution in [0.2, 0.25) is 0 Å². The molecule has 0 spiro atoms. The molecule has 2 saturated carbocycles. The molecule has 3 nitrogen and oxygen atoms in total. The molecule has 0 radical (unpaired) electrons. The van der Waals surface area contributed by atoms with Gasteiger partial charge in [-0.15, -0.1) is 0 Å². The van der Waals surface area contributed by atoms with Gasteiger partial charge in [0.15, 0.2) is 0 Å². The van der Waals surface area contributed by atoms with Gasteiger partial charge in [-0.1, -0.05) is 6.92 Å². The lowest BCUT2D eigenvalue weighted by molar-refractivity contribution is -0.151. The number of esters is 1. The fraction of sp³-hybridized carbons (Fsp3) is 0.941. The number of carbonyl (C=O) groups excluding carboxylic acids is 1. The van der Waals surface area contributed by atoms with E-state index in [4.69, 9.17) is 9.47 Å². The van der Waals surface area contributed by atoms with Gasteiger partial charge in [0.25, 0.3) is 0 Å². The number of ether oxygens (including phenoxy) is 2. The summed E-state index contributed by atoms with van der Waals surface area (Å²) >= 11 is 0. The summed E-state index contributed by atoms with van der Waals surface area (Å²) in [5.74, 6) is 2.32. The van der Waals surface area contributed by atoms with E-state index in [2.05, 4.69) is 6.92 Å². The third-order valence-corrected chi connectivity index (χ3v) is 5.18. The number of carbonyl (C=O) groups is 1. The van der Waals surface area contributed by atoms with Crippen molar-refractivity contribution in [3.63, 3.8) is 0 Å². The van der Waals surface area contributed by atoms with Crippen molar-refractivity contribution in [1.82, 2.24) is 0 Å². The largest absolute Gasteiger partial charge is 0.465 e. The Morgan fingerprint density at radius 1 is 0.900 bits per heavy atom. The molecule has 2 rings (SSSR count). The molecule has 0 N–H and O–H groups in total. The molecule has 20 heavy (non-hydrogen) atoms.